The van der Waals surface area contributed by atoms with Crippen molar-refractivity contribution in [1.82, 2.24) is 42.5 Å². The number of halogens is 1. The van der Waals surface area contributed by atoms with Crippen LogP contribution in [-0.4, -0.2) is 109 Å². The predicted molar refractivity (Wildman–Crippen MR) is 259 cm³/mol. The van der Waals surface area contributed by atoms with Crippen LogP contribution in [-0.2, 0) is 28.8 Å². The molecule has 0 aliphatic carbocycles. The summed E-state index contributed by atoms with van der Waals surface area (Å²) in [5, 5.41) is 20.8. The summed E-state index contributed by atoms with van der Waals surface area (Å²) in [5.41, 5.74) is 15.4. The van der Waals surface area contributed by atoms with Crippen molar-refractivity contribution in [3.63, 3.8) is 0 Å². The first-order chi connectivity index (χ1) is 33.9. The number of aryl methyl sites for hydroxylation is 1. The minimum Gasteiger partial charge on any atom is -0.368 e. The van der Waals surface area contributed by atoms with Gasteiger partial charge in [-0.3, -0.25) is 38.4 Å². The highest BCUT2D eigenvalue weighted by Gasteiger charge is 2.29. The maximum atomic E-state index is 13.0. The van der Waals surface area contributed by atoms with Crippen molar-refractivity contribution in [3.05, 3.63) is 71.0 Å². The zero-order chi connectivity index (χ0) is 54.5. The number of urea groups is 2. The number of benzene rings is 2. The van der Waals surface area contributed by atoms with Gasteiger partial charge in [-0.05, 0) is 108 Å². The van der Waals surface area contributed by atoms with Gasteiger partial charge in [0.05, 0.1) is 0 Å². The first-order valence-corrected chi connectivity index (χ1v) is 23.0. The number of carbonyl (C=O) groups is 10. The van der Waals surface area contributed by atoms with Crippen molar-refractivity contribution in [3.8, 4) is 0 Å². The molecule has 12 amide bonds. The molecule has 22 nitrogen and oxygen atoms in total. The minimum absolute atomic E-state index is 0.0246. The first-order valence-electron chi connectivity index (χ1n) is 24.0. The van der Waals surface area contributed by atoms with E-state index in [1.165, 1.54) is 24.3 Å². The molecule has 388 valence electrons. The van der Waals surface area contributed by atoms with Crippen LogP contribution in [0.3, 0.4) is 0 Å². The van der Waals surface area contributed by atoms with Gasteiger partial charge in [0.2, 0.25) is 35.4 Å². The van der Waals surface area contributed by atoms with E-state index < -0.39 is 77.5 Å². The summed E-state index contributed by atoms with van der Waals surface area (Å²) in [6, 6.07) is 6.30. The minimum atomic E-state index is -1.04. The molecule has 0 heterocycles. The number of carbonyl (C=O) groups excluding carboxylic acids is 10. The Bertz CT molecular complexity index is 1970. The third kappa shape index (κ3) is 25.2. The van der Waals surface area contributed by atoms with Gasteiger partial charge in [0.25, 0.3) is 11.8 Å². The molecule has 2 unspecified atom stereocenters. The molecule has 23 heteroatoms. The van der Waals surface area contributed by atoms with Crippen LogP contribution in [0.4, 0.5) is 14.0 Å². The lowest BCUT2D eigenvalue weighted by molar-refractivity contribution is -0.132. The van der Waals surface area contributed by atoms with E-state index in [0.29, 0.717) is 36.8 Å². The Morgan fingerprint density at radius 2 is 0.886 bits per heavy atom. The first kappa shape index (κ1) is 57.0. The largest absolute Gasteiger partial charge is 0.368 e. The molecule has 0 spiro atoms. The number of nitrogens with one attached hydrogen (secondary N) is 8. The van der Waals surface area contributed by atoms with Gasteiger partial charge >= 0.3 is 12.1 Å². The average molecular weight is 987 g/mol. The third-order valence-corrected chi connectivity index (χ3v) is 10.5. The van der Waals surface area contributed by atoms with Crippen molar-refractivity contribution >= 4 is 59.3 Å². The van der Waals surface area contributed by atoms with Crippen molar-refractivity contribution in [2.45, 2.75) is 136 Å². The zero-order valence-electron chi connectivity index (χ0n) is 42.9. The molecule has 2 rings (SSSR count). The molecule has 0 saturated carbocycles. The number of amides is 12. The van der Waals surface area contributed by atoms with Gasteiger partial charge in [-0.15, -0.1) is 0 Å². The molecular formula is C47H73FN12O10. The standard InChI is InChI=1S/C24H38N6O5.C23H35FN6O5/c1-14(2)20(23(34)29-18(21(25)32)6-5-13-27-24(26)35)30-19(31)12-9-16(4)28-22(33)17-10-7-15(3)8-11-17;1-13(2)19(22(34)29-17(20(25)32)5-4-12-27-23(26)35)30-18(31)11-6-14(3)28-21(33)15-7-9-16(24)10-8-15/h7-8,10-11,14,16,18,20H,5-6,9,12-13H2,1-4H3,(H2,25,32)(H,28,33)(H,29,34)(H,30,31)(H3,26,27,35);7-10,13-14,17,19H,4-6,11-12H2,1-3H3,(H2,25,32)(H,28,33)(H,29,34)(H,30,31)(H3,26,27,35)/t16?,18-,20-;14?,17-,19-/m11/s1/i/hD2. The Hall–Kier alpha value is -7.33. The summed E-state index contributed by atoms with van der Waals surface area (Å²) in [4.78, 5) is 121. The van der Waals surface area contributed by atoms with Gasteiger partial charge in [-0.1, -0.05) is 45.4 Å². The fourth-order valence-corrected chi connectivity index (χ4v) is 6.42. The zero-order valence-corrected chi connectivity index (χ0v) is 40.9. The summed E-state index contributed by atoms with van der Waals surface area (Å²) in [5.74, 6) is -5.04. The van der Waals surface area contributed by atoms with Crippen molar-refractivity contribution in [2.75, 3.05) is 13.1 Å². The number of hydrogen-bond acceptors (Lipinski definition) is 10. The highest BCUT2D eigenvalue weighted by atomic mass is 19.1. The van der Waals surface area contributed by atoms with E-state index >= 15 is 0 Å². The lowest BCUT2D eigenvalue weighted by atomic mass is 10.0. The third-order valence-electron chi connectivity index (χ3n) is 10.5. The van der Waals surface area contributed by atoms with E-state index in [2.05, 4.69) is 42.5 Å². The highest BCUT2D eigenvalue weighted by Crippen LogP contribution is 2.10. The number of primary amides is 4. The van der Waals surface area contributed by atoms with Crippen LogP contribution >= 0.6 is 0 Å². The Morgan fingerprint density at radius 3 is 1.21 bits per heavy atom. The molecule has 0 radical (unpaired) electrons. The fourth-order valence-electron chi connectivity index (χ4n) is 6.42. The summed E-state index contributed by atoms with van der Waals surface area (Å²) in [6.45, 7) is 12.8. The van der Waals surface area contributed by atoms with E-state index in [1.54, 1.807) is 65.1 Å². The van der Waals surface area contributed by atoms with E-state index in [9.17, 15) is 52.3 Å². The van der Waals surface area contributed by atoms with Gasteiger partial charge in [0, 0.05) is 49.1 Å². The molecule has 0 aliphatic heterocycles. The van der Waals surface area contributed by atoms with E-state index in [0.717, 1.165) is 5.56 Å². The van der Waals surface area contributed by atoms with Gasteiger partial charge in [0.15, 0.2) is 2.82 Å². The summed E-state index contributed by atoms with van der Waals surface area (Å²) < 4.78 is 27.2. The van der Waals surface area contributed by atoms with E-state index in [-0.39, 0.29) is 74.5 Å². The molecule has 2 aromatic rings. The number of hydrogen-bond donors (Lipinski definition) is 12. The molecule has 0 aliphatic rings. The van der Waals surface area contributed by atoms with Gasteiger partial charge < -0.3 is 65.5 Å². The second-order valence-corrected chi connectivity index (χ2v) is 17.5. The number of rotatable bonds is 28. The van der Waals surface area contributed by atoms with Crippen molar-refractivity contribution in [2.24, 2.45) is 34.8 Å². The average Bonchev–Trinajstić information content (AvgIpc) is 3.32. The summed E-state index contributed by atoms with van der Waals surface area (Å²) >= 11 is 0. The summed E-state index contributed by atoms with van der Waals surface area (Å²) in [6.07, 6.45) is 1.73. The molecule has 0 aromatic heterocycles. The maximum Gasteiger partial charge on any atom is 0.312 e. The second-order valence-electron chi connectivity index (χ2n) is 17.5. The van der Waals surface area contributed by atoms with Gasteiger partial charge in [-0.2, -0.15) is 0 Å². The molecule has 70 heavy (non-hydrogen) atoms. The Morgan fingerprint density at radius 1 is 0.529 bits per heavy atom. The maximum absolute atomic E-state index is 13.0. The predicted octanol–water partition coefficient (Wildman–Crippen LogP) is 0.737. The monoisotopic (exact) mass is 987 g/mol. The topological polar surface area (TPSA) is 371 Å². The Kier molecular flexibility index (Phi) is 25.8. The SMILES string of the molecule is [2H]NC(=O)[C@@H](CCCNC(N)=O)NC(=O)[C@H](NC(=O)CCC(C)NC(=O)c1ccc(C)cc1)C(C)C.[2H]NC(=O)[C@@H](CCCNC(N)=O)NC(=O)[C@H](NC(=O)CCC(C)NC(=O)c1ccc(F)cc1)C(C)C. The van der Waals surface area contributed by atoms with E-state index in [1.807, 2.05) is 19.1 Å². The van der Waals surface area contributed by atoms with Crippen molar-refractivity contribution < 1.29 is 55.2 Å². The number of nitrogens with two attached hydrogens (primary N) is 4. The Labute approximate surface area is 411 Å². The van der Waals surface area contributed by atoms with Crippen LogP contribution < -0.4 is 65.5 Å². The molecule has 6 atom stereocenters. The quantitative estimate of drug-likeness (QED) is 0.0531. The molecule has 16 N–H and O–H groups in total. The molecule has 0 saturated heterocycles. The second kappa shape index (κ2) is 31.7. The van der Waals surface area contributed by atoms with E-state index in [4.69, 9.17) is 14.3 Å². The molecule has 0 fully saturated rings. The summed E-state index contributed by atoms with van der Waals surface area (Å²) in [7, 11) is 0. The molecular weight excluding hydrogens is 912 g/mol. The normalized spacial score (nSPS) is 13.6. The molecule has 2 aromatic carbocycles. The smallest absolute Gasteiger partial charge is 0.312 e. The molecule has 0 bridgehead atoms. The van der Waals surface area contributed by atoms with Crippen LogP contribution in [0, 0.1) is 24.6 Å². The lowest BCUT2D eigenvalue weighted by Gasteiger charge is -2.25. The van der Waals surface area contributed by atoms with Gasteiger partial charge in [0.1, 0.15) is 30.0 Å². The van der Waals surface area contributed by atoms with Crippen LogP contribution in [0.1, 0.15) is 119 Å². The highest BCUT2D eigenvalue weighted by molar-refractivity contribution is 5.95. The Balaban J connectivity index is 0.000000720. The van der Waals surface area contributed by atoms with Crippen LogP contribution in [0.25, 0.3) is 0 Å². The van der Waals surface area contributed by atoms with Crippen LogP contribution in [0.15, 0.2) is 48.5 Å². The van der Waals surface area contributed by atoms with Crippen LogP contribution in [0.5, 0.6) is 0 Å². The lowest BCUT2D eigenvalue weighted by Crippen LogP contribution is -2.54. The van der Waals surface area contributed by atoms with Gasteiger partial charge in [-0.25, -0.2) is 14.0 Å². The fraction of sp³-hybridized carbons (Fsp3) is 0.532. The van der Waals surface area contributed by atoms with Crippen molar-refractivity contribution in [1.29, 1.82) is 0 Å². The van der Waals surface area contributed by atoms with Crippen LogP contribution in [0.2, 0.25) is 2.82 Å².